The molecule has 2 N–H and O–H groups in total. The van der Waals surface area contributed by atoms with Crippen LogP contribution in [0.5, 0.6) is 0 Å². The van der Waals surface area contributed by atoms with Crippen LogP contribution in [0.25, 0.3) is 0 Å². The number of aryl methyl sites for hydroxylation is 1. The third-order valence-corrected chi connectivity index (χ3v) is 2.83. The van der Waals surface area contributed by atoms with Crippen molar-refractivity contribution in [3.05, 3.63) is 51.8 Å². The first-order chi connectivity index (χ1) is 10.4. The summed E-state index contributed by atoms with van der Waals surface area (Å²) in [6.45, 7) is 1.21. The molecule has 0 saturated heterocycles. The first kappa shape index (κ1) is 15.2. The second-order valence-corrected chi connectivity index (χ2v) is 4.50. The number of rotatable bonds is 5. The monoisotopic (exact) mass is 304 g/mol. The van der Waals surface area contributed by atoms with Crippen molar-refractivity contribution in [3.8, 4) is 0 Å². The number of hydrogen-bond donors (Lipinski definition) is 2. The first-order valence-electron chi connectivity index (χ1n) is 6.18. The van der Waals surface area contributed by atoms with E-state index in [2.05, 4.69) is 10.4 Å². The molecule has 9 heteroatoms. The van der Waals surface area contributed by atoms with E-state index < -0.39 is 23.3 Å². The number of nitrogens with zero attached hydrogens (tertiary/aromatic N) is 3. The summed E-state index contributed by atoms with van der Waals surface area (Å²) in [5.41, 5.74) is 0.471. The number of nitro groups is 1. The molecule has 0 atom stereocenters. The highest BCUT2D eigenvalue weighted by Crippen LogP contribution is 2.25. The van der Waals surface area contributed by atoms with Gasteiger partial charge in [-0.1, -0.05) is 6.07 Å². The van der Waals surface area contributed by atoms with E-state index in [0.29, 0.717) is 5.56 Å². The summed E-state index contributed by atoms with van der Waals surface area (Å²) < 4.78 is 0.998. The highest BCUT2D eigenvalue weighted by atomic mass is 16.6. The second-order valence-electron chi connectivity index (χ2n) is 4.50. The molecule has 0 unspecified atom stereocenters. The quantitative estimate of drug-likeness (QED) is 0.635. The van der Waals surface area contributed by atoms with Gasteiger partial charge in [0.15, 0.2) is 0 Å². The van der Waals surface area contributed by atoms with Crippen LogP contribution in [0.2, 0.25) is 0 Å². The van der Waals surface area contributed by atoms with E-state index in [1.54, 1.807) is 13.0 Å². The van der Waals surface area contributed by atoms with Crippen molar-refractivity contribution in [1.82, 2.24) is 9.78 Å². The minimum atomic E-state index is -1.15. The molecular weight excluding hydrogens is 292 g/mol. The number of carboxylic acids is 1. The Bertz CT molecular complexity index is 753. The van der Waals surface area contributed by atoms with E-state index >= 15 is 0 Å². The van der Waals surface area contributed by atoms with Crippen LogP contribution in [0.1, 0.15) is 16.1 Å². The molecular formula is C13H12N4O5. The number of anilines is 1. The van der Waals surface area contributed by atoms with E-state index in [-0.39, 0.29) is 17.1 Å². The Balaban J connectivity index is 2.28. The summed E-state index contributed by atoms with van der Waals surface area (Å²) in [5, 5.41) is 25.9. The van der Waals surface area contributed by atoms with Crippen LogP contribution in [0.4, 0.5) is 11.4 Å². The van der Waals surface area contributed by atoms with Gasteiger partial charge in [0.1, 0.15) is 17.9 Å². The molecule has 22 heavy (non-hydrogen) atoms. The Hall–Kier alpha value is -3.23. The summed E-state index contributed by atoms with van der Waals surface area (Å²) in [6.07, 6.45) is 1.28. The maximum Gasteiger partial charge on any atom is 0.325 e. The molecule has 0 radical (unpaired) electrons. The van der Waals surface area contributed by atoms with Crippen molar-refractivity contribution < 1.29 is 19.6 Å². The fourth-order valence-corrected chi connectivity index (χ4v) is 1.86. The summed E-state index contributed by atoms with van der Waals surface area (Å²) in [7, 11) is 0. The van der Waals surface area contributed by atoms with Crippen LogP contribution >= 0.6 is 0 Å². The molecule has 1 aromatic heterocycles. The number of aliphatic carboxylic acids is 1. The lowest BCUT2D eigenvalue weighted by Gasteiger charge is -2.08. The number of carboxylic acid groups (broad SMARTS) is 1. The van der Waals surface area contributed by atoms with Gasteiger partial charge < -0.3 is 10.4 Å². The Kier molecular flexibility index (Phi) is 4.16. The lowest BCUT2D eigenvalue weighted by atomic mass is 10.2. The zero-order valence-electron chi connectivity index (χ0n) is 11.5. The zero-order valence-corrected chi connectivity index (χ0v) is 11.5. The Morgan fingerprint density at radius 3 is 2.77 bits per heavy atom. The zero-order chi connectivity index (χ0) is 16.3. The van der Waals surface area contributed by atoms with Crippen molar-refractivity contribution in [1.29, 1.82) is 0 Å². The fourth-order valence-electron chi connectivity index (χ4n) is 1.86. The van der Waals surface area contributed by atoms with Gasteiger partial charge in [0.05, 0.1) is 4.92 Å². The van der Waals surface area contributed by atoms with Gasteiger partial charge in [0, 0.05) is 12.3 Å². The van der Waals surface area contributed by atoms with E-state index in [1.807, 2.05) is 0 Å². The van der Waals surface area contributed by atoms with Crippen LogP contribution in [0.3, 0.4) is 0 Å². The maximum absolute atomic E-state index is 12.1. The van der Waals surface area contributed by atoms with Crippen molar-refractivity contribution in [2.75, 3.05) is 5.32 Å². The summed E-state index contributed by atoms with van der Waals surface area (Å²) >= 11 is 0. The molecule has 0 aliphatic heterocycles. The first-order valence-corrected chi connectivity index (χ1v) is 6.18. The molecule has 0 bridgehead atoms. The molecule has 2 aromatic rings. The van der Waals surface area contributed by atoms with Crippen LogP contribution in [0, 0.1) is 17.0 Å². The third-order valence-electron chi connectivity index (χ3n) is 2.83. The van der Waals surface area contributed by atoms with E-state index in [1.165, 1.54) is 24.4 Å². The predicted molar refractivity (Wildman–Crippen MR) is 75.6 cm³/mol. The van der Waals surface area contributed by atoms with Gasteiger partial charge in [0.25, 0.3) is 11.6 Å². The minimum Gasteiger partial charge on any atom is -0.480 e. The van der Waals surface area contributed by atoms with Gasteiger partial charge in [0.2, 0.25) is 0 Å². The van der Waals surface area contributed by atoms with Crippen molar-refractivity contribution in [2.24, 2.45) is 0 Å². The molecule has 0 aliphatic carbocycles. The standard InChI is InChI=1S/C13H12N4O5/c1-8-2-3-9(11(6-8)17(21)22)15-13(20)10-4-5-14-16(10)7-12(18)19/h2-6H,7H2,1H3,(H,15,20)(H,18,19). The van der Waals surface area contributed by atoms with Gasteiger partial charge in [-0.15, -0.1) is 0 Å². The normalized spacial score (nSPS) is 10.2. The van der Waals surface area contributed by atoms with Crippen LogP contribution in [-0.4, -0.2) is 31.7 Å². The fraction of sp³-hybridized carbons (Fsp3) is 0.154. The summed E-state index contributed by atoms with van der Waals surface area (Å²) in [4.78, 5) is 33.3. The highest BCUT2D eigenvalue weighted by molar-refractivity contribution is 6.04. The number of carbonyl (C=O) groups excluding carboxylic acids is 1. The van der Waals surface area contributed by atoms with Gasteiger partial charge in [-0.2, -0.15) is 5.10 Å². The predicted octanol–water partition coefficient (Wildman–Crippen LogP) is 1.44. The molecule has 0 spiro atoms. The number of amides is 1. The number of nitro benzene ring substituents is 1. The average Bonchev–Trinajstić information content (AvgIpc) is 2.87. The second kappa shape index (κ2) is 6.04. The number of aromatic nitrogens is 2. The number of carbonyl (C=O) groups is 2. The summed E-state index contributed by atoms with van der Waals surface area (Å²) in [6, 6.07) is 5.71. The Morgan fingerprint density at radius 2 is 2.14 bits per heavy atom. The molecule has 1 heterocycles. The van der Waals surface area contributed by atoms with E-state index in [9.17, 15) is 19.7 Å². The molecule has 1 amide bonds. The number of hydrogen-bond acceptors (Lipinski definition) is 5. The maximum atomic E-state index is 12.1. The van der Waals surface area contributed by atoms with E-state index in [0.717, 1.165) is 4.68 Å². The van der Waals surface area contributed by atoms with Crippen molar-refractivity contribution >= 4 is 23.3 Å². The largest absolute Gasteiger partial charge is 0.480 e. The third kappa shape index (κ3) is 3.26. The molecule has 114 valence electrons. The van der Waals surface area contributed by atoms with Gasteiger partial charge in [-0.05, 0) is 24.6 Å². The number of benzene rings is 1. The van der Waals surface area contributed by atoms with E-state index in [4.69, 9.17) is 5.11 Å². The average molecular weight is 304 g/mol. The highest BCUT2D eigenvalue weighted by Gasteiger charge is 2.19. The summed E-state index contributed by atoms with van der Waals surface area (Å²) in [5.74, 6) is -1.83. The van der Waals surface area contributed by atoms with Gasteiger partial charge in [-0.25, -0.2) is 4.68 Å². The topological polar surface area (TPSA) is 127 Å². The van der Waals surface area contributed by atoms with Crippen molar-refractivity contribution in [2.45, 2.75) is 13.5 Å². The molecule has 9 nitrogen and oxygen atoms in total. The molecule has 0 fully saturated rings. The molecule has 1 aromatic carbocycles. The number of nitrogens with one attached hydrogen (secondary N) is 1. The molecule has 0 aliphatic rings. The smallest absolute Gasteiger partial charge is 0.325 e. The van der Waals surface area contributed by atoms with Gasteiger partial charge >= 0.3 is 5.97 Å². The van der Waals surface area contributed by atoms with Gasteiger partial charge in [-0.3, -0.25) is 19.7 Å². The van der Waals surface area contributed by atoms with Crippen molar-refractivity contribution in [3.63, 3.8) is 0 Å². The Morgan fingerprint density at radius 1 is 1.41 bits per heavy atom. The van der Waals surface area contributed by atoms with Crippen LogP contribution in [0.15, 0.2) is 30.5 Å². The lowest BCUT2D eigenvalue weighted by molar-refractivity contribution is -0.384. The lowest BCUT2D eigenvalue weighted by Crippen LogP contribution is -2.21. The molecule has 2 rings (SSSR count). The molecule has 0 saturated carbocycles. The van der Waals surface area contributed by atoms with Crippen LogP contribution < -0.4 is 5.32 Å². The minimum absolute atomic E-state index is 0.00253. The van der Waals surface area contributed by atoms with Crippen LogP contribution in [-0.2, 0) is 11.3 Å². The Labute approximate surface area is 124 Å². The SMILES string of the molecule is Cc1ccc(NC(=O)c2ccnn2CC(=O)O)c([N+](=O)[O-])c1.